The van der Waals surface area contributed by atoms with E-state index < -0.39 is 0 Å². The minimum atomic E-state index is -0.246. The van der Waals surface area contributed by atoms with Crippen LogP contribution in [0.5, 0.6) is 0 Å². The fourth-order valence-corrected chi connectivity index (χ4v) is 12.7. The Bertz CT molecular complexity index is 3890. The monoisotopic (exact) mass is 918 g/mol. The van der Waals surface area contributed by atoms with E-state index in [1.54, 1.807) is 0 Å². The Morgan fingerprint density at radius 2 is 1.39 bits per heavy atom. The Labute approximate surface area is 417 Å². The van der Waals surface area contributed by atoms with Crippen molar-refractivity contribution in [2.75, 3.05) is 9.71 Å². The zero-order valence-corrected chi connectivity index (χ0v) is 41.2. The van der Waals surface area contributed by atoms with E-state index in [1.165, 1.54) is 60.9 Å². The van der Waals surface area contributed by atoms with E-state index in [4.69, 9.17) is 8.83 Å². The number of para-hydroxylation sites is 1. The molecule has 2 aliphatic carbocycles. The summed E-state index contributed by atoms with van der Waals surface area (Å²) in [4.78, 5) is 5.06. The highest BCUT2D eigenvalue weighted by molar-refractivity contribution is 6.94. The highest BCUT2D eigenvalue weighted by atomic mass is 16.3. The zero-order chi connectivity index (χ0) is 47.8. The van der Waals surface area contributed by atoms with Crippen LogP contribution in [0, 0.1) is 12.1 Å². The lowest BCUT2D eigenvalue weighted by Gasteiger charge is -2.45. The Balaban J connectivity index is 1.10. The SMILES string of the molecule is CCCCc1ccc(N2c3c#cccc3B3c4c(cc5c(oc6ccccc65)c42)-c2cc4c(cc2N3c2ccc(-c3ccccc3)cc2)oc2cc3c(cc24)C(C)(C)CCC3(C)C)c(C2=CC=CCC2)c1. The van der Waals surface area contributed by atoms with E-state index in [-0.39, 0.29) is 17.7 Å². The normalized spacial score (nSPS) is 16.2. The first-order chi connectivity index (χ1) is 34.6. The van der Waals surface area contributed by atoms with Gasteiger partial charge in [0.15, 0.2) is 5.58 Å². The molecule has 8 aromatic carbocycles. The van der Waals surface area contributed by atoms with Crippen LogP contribution < -0.4 is 20.6 Å². The van der Waals surface area contributed by atoms with Crippen LogP contribution in [0.3, 0.4) is 0 Å². The highest BCUT2D eigenvalue weighted by Crippen LogP contribution is 2.54. The van der Waals surface area contributed by atoms with Gasteiger partial charge in [0, 0.05) is 50.1 Å². The molecule has 0 fully saturated rings. The van der Waals surface area contributed by atoms with E-state index >= 15 is 0 Å². The van der Waals surface area contributed by atoms with E-state index in [2.05, 4.69) is 208 Å². The van der Waals surface area contributed by atoms with E-state index in [0.717, 1.165) is 117 Å². The number of allylic oxidation sites excluding steroid dienone is 4. The lowest BCUT2D eigenvalue weighted by molar-refractivity contribution is 0.332. The van der Waals surface area contributed by atoms with Gasteiger partial charge in [0.1, 0.15) is 16.7 Å². The number of furan rings is 2. The van der Waals surface area contributed by atoms with Crippen molar-refractivity contribution in [3.8, 4) is 22.3 Å². The Morgan fingerprint density at radius 3 is 2.20 bits per heavy atom. The number of unbranched alkanes of at least 4 members (excludes halogenated alkanes) is 1. The summed E-state index contributed by atoms with van der Waals surface area (Å²) in [7, 11) is 0. The van der Waals surface area contributed by atoms with Crippen molar-refractivity contribution < 1.29 is 8.83 Å². The second kappa shape index (κ2) is 15.7. The number of fused-ring (bicyclic) bond motifs is 12. The zero-order valence-electron chi connectivity index (χ0n) is 41.2. The first kappa shape index (κ1) is 42.2. The van der Waals surface area contributed by atoms with Gasteiger partial charge in [-0.1, -0.05) is 138 Å². The number of aryl methyl sites for hydroxylation is 1. The third-order valence-corrected chi connectivity index (χ3v) is 16.6. The van der Waals surface area contributed by atoms with Crippen LogP contribution in [-0.4, -0.2) is 6.85 Å². The number of anilines is 5. The topological polar surface area (TPSA) is 32.8 Å². The number of benzene rings is 7. The van der Waals surface area contributed by atoms with Crippen LogP contribution in [0.1, 0.15) is 95.4 Å². The standard InChI is InChI=1S/C66H55BN2O2/c1-6-7-18-41-27-32-56(47(35-41)44-21-12-9-13-22-44)68-57-25-16-15-24-55(57)67-62-51(37-52-46-23-14-17-26-59(46)71-64(52)63(62)68)48-36-49-50-38-53-54(66(4,5)34-33-65(53,2)3)39-60(50)70-61(49)40-58(48)69(67)45-30-28-43(29-31-45)42-19-10-8-11-20-42/h8-12,14-15,17,19-21,23-24,26-32,35-40H,6-7,13,18,22,33-34H2,1-5H3. The molecular formula is C66H55BN2O2. The summed E-state index contributed by atoms with van der Waals surface area (Å²) in [6, 6.07) is 59.2. The van der Waals surface area contributed by atoms with E-state index in [9.17, 15) is 0 Å². The largest absolute Gasteiger partial charge is 0.456 e. The van der Waals surface area contributed by atoms with Crippen molar-refractivity contribution in [3.63, 3.8) is 0 Å². The molecule has 14 rings (SSSR count). The molecule has 0 bridgehead atoms. The van der Waals surface area contributed by atoms with Crippen molar-refractivity contribution in [2.45, 2.75) is 90.4 Å². The summed E-state index contributed by atoms with van der Waals surface area (Å²) < 4.78 is 14.3. The fraction of sp³-hybridized carbons (Fsp3) is 0.212. The molecule has 71 heavy (non-hydrogen) atoms. The molecule has 0 saturated carbocycles. The quantitative estimate of drug-likeness (QED) is 0.149. The Hall–Kier alpha value is -7.68. The van der Waals surface area contributed by atoms with Crippen molar-refractivity contribution in [2.24, 2.45) is 0 Å². The summed E-state index contributed by atoms with van der Waals surface area (Å²) in [6.07, 6.45) is 14.5. The van der Waals surface area contributed by atoms with Gasteiger partial charge in [-0.05, 0) is 166 Å². The summed E-state index contributed by atoms with van der Waals surface area (Å²) in [5.41, 5.74) is 23.1. The molecule has 5 heteroatoms. The predicted octanol–water partition coefficient (Wildman–Crippen LogP) is 16.9. The third kappa shape index (κ3) is 6.39. The molecule has 0 radical (unpaired) electrons. The molecule has 4 nitrogen and oxygen atoms in total. The van der Waals surface area contributed by atoms with Crippen molar-refractivity contribution in [1.82, 2.24) is 0 Å². The number of rotatable bonds is 7. The molecule has 0 amide bonds. The maximum atomic E-state index is 7.22. The van der Waals surface area contributed by atoms with Gasteiger partial charge < -0.3 is 13.6 Å². The van der Waals surface area contributed by atoms with Crippen LogP contribution in [-0.2, 0) is 17.3 Å². The molecular weight excluding hydrogens is 864 g/mol. The Kier molecular flexibility index (Phi) is 9.32. The van der Waals surface area contributed by atoms with E-state index in [1.807, 2.05) is 6.07 Å². The first-order valence-electron chi connectivity index (χ1n) is 25.8. The number of hydrogen-bond donors (Lipinski definition) is 0. The van der Waals surface area contributed by atoms with Crippen LogP contribution in [0.15, 0.2) is 167 Å². The van der Waals surface area contributed by atoms with Crippen LogP contribution in [0.2, 0.25) is 0 Å². The lowest BCUT2D eigenvalue weighted by Crippen LogP contribution is -2.61. The lowest BCUT2D eigenvalue weighted by atomic mass is 9.43. The van der Waals surface area contributed by atoms with Gasteiger partial charge >= 0.3 is 6.85 Å². The molecule has 0 atom stereocenters. The van der Waals surface area contributed by atoms with Crippen LogP contribution in [0.25, 0.3) is 71.7 Å². The molecule has 4 heterocycles. The number of nitrogens with zero attached hydrogens (tertiary/aromatic N) is 2. The summed E-state index contributed by atoms with van der Waals surface area (Å²) in [5.74, 6) is 0. The fourth-order valence-electron chi connectivity index (χ4n) is 12.7. The summed E-state index contributed by atoms with van der Waals surface area (Å²) in [6.45, 7) is 11.7. The second-order valence-corrected chi connectivity index (χ2v) is 21.8. The maximum Gasteiger partial charge on any atom is 0.333 e. The summed E-state index contributed by atoms with van der Waals surface area (Å²) in [5, 5.41) is 4.53. The first-order valence-corrected chi connectivity index (χ1v) is 25.8. The highest BCUT2D eigenvalue weighted by Gasteiger charge is 2.48. The predicted molar refractivity (Wildman–Crippen MR) is 298 cm³/mol. The smallest absolute Gasteiger partial charge is 0.333 e. The third-order valence-electron chi connectivity index (χ3n) is 16.6. The van der Waals surface area contributed by atoms with Gasteiger partial charge in [-0.3, -0.25) is 4.90 Å². The van der Waals surface area contributed by atoms with Gasteiger partial charge in [-0.15, -0.1) is 0 Å². The molecule has 0 saturated heterocycles. The molecule has 0 unspecified atom stereocenters. The minimum absolute atomic E-state index is 0.0571. The van der Waals surface area contributed by atoms with Crippen molar-refractivity contribution in [3.05, 3.63) is 192 Å². The van der Waals surface area contributed by atoms with Gasteiger partial charge in [-0.2, -0.15) is 0 Å². The van der Waals surface area contributed by atoms with E-state index in [0.29, 0.717) is 0 Å². The second-order valence-electron chi connectivity index (χ2n) is 21.8. The van der Waals surface area contributed by atoms with Crippen molar-refractivity contribution in [1.29, 1.82) is 0 Å². The summed E-state index contributed by atoms with van der Waals surface area (Å²) >= 11 is 0. The molecule has 344 valence electrons. The molecule has 0 N–H and O–H groups in total. The minimum Gasteiger partial charge on any atom is -0.456 e. The van der Waals surface area contributed by atoms with Gasteiger partial charge in [0.2, 0.25) is 0 Å². The molecule has 0 spiro atoms. The average Bonchev–Trinajstić information content (AvgIpc) is 3.96. The Morgan fingerprint density at radius 1 is 0.648 bits per heavy atom. The van der Waals surface area contributed by atoms with Crippen LogP contribution in [0.4, 0.5) is 28.4 Å². The van der Waals surface area contributed by atoms with Crippen LogP contribution >= 0.6 is 0 Å². The maximum absolute atomic E-state index is 7.22. The van der Waals surface area contributed by atoms with Gasteiger partial charge in [0.25, 0.3) is 0 Å². The van der Waals surface area contributed by atoms with Crippen molar-refractivity contribution >= 4 is 95.7 Å². The molecule has 2 aliphatic heterocycles. The van der Waals surface area contributed by atoms with Gasteiger partial charge in [-0.25, -0.2) is 0 Å². The average molecular weight is 919 g/mol. The number of hydrogen-bond acceptors (Lipinski definition) is 4. The molecule has 2 aromatic heterocycles. The van der Waals surface area contributed by atoms with Gasteiger partial charge in [0.05, 0.1) is 17.1 Å². The molecule has 4 aliphatic rings. The molecule has 10 aromatic rings.